The van der Waals surface area contributed by atoms with Crippen molar-refractivity contribution in [3.05, 3.63) is 101 Å². The summed E-state index contributed by atoms with van der Waals surface area (Å²) in [5.41, 5.74) is 7.80. The Kier molecular flexibility index (Phi) is 4.48. The number of ketones is 1. The Labute approximate surface area is 183 Å². The SMILES string of the molecule is O=C1CN=C2c3c(cccc31)NC(c1ccccc1)C2c1cccc(CCC2CC2)c1. The van der Waals surface area contributed by atoms with E-state index in [1.165, 1.54) is 36.0 Å². The highest BCUT2D eigenvalue weighted by molar-refractivity contribution is 6.21. The van der Waals surface area contributed by atoms with Crippen molar-refractivity contribution in [1.82, 2.24) is 0 Å². The van der Waals surface area contributed by atoms with Crippen molar-refractivity contribution in [2.45, 2.75) is 37.6 Å². The Morgan fingerprint density at radius 3 is 2.55 bits per heavy atom. The fourth-order valence-corrected chi connectivity index (χ4v) is 5.17. The van der Waals surface area contributed by atoms with E-state index in [2.05, 4.69) is 66.0 Å². The Hall–Kier alpha value is -3.20. The van der Waals surface area contributed by atoms with Crippen LogP contribution in [0.3, 0.4) is 0 Å². The summed E-state index contributed by atoms with van der Waals surface area (Å²) >= 11 is 0. The Bertz CT molecular complexity index is 1180. The molecule has 1 N–H and O–H groups in total. The van der Waals surface area contributed by atoms with Crippen LogP contribution in [0.4, 0.5) is 5.69 Å². The van der Waals surface area contributed by atoms with Gasteiger partial charge in [0.2, 0.25) is 0 Å². The predicted octanol–water partition coefficient (Wildman–Crippen LogP) is 5.97. The third-order valence-electron chi connectivity index (χ3n) is 6.96. The number of carbonyl (C=O) groups excluding carboxylic acids is 1. The summed E-state index contributed by atoms with van der Waals surface area (Å²) in [5.74, 6) is 1.11. The average molecular weight is 407 g/mol. The van der Waals surface area contributed by atoms with Gasteiger partial charge in [0, 0.05) is 16.8 Å². The molecule has 0 aromatic heterocycles. The fraction of sp³-hybridized carbons (Fsp3) is 0.286. The zero-order valence-electron chi connectivity index (χ0n) is 17.6. The van der Waals surface area contributed by atoms with E-state index in [4.69, 9.17) is 4.99 Å². The maximum atomic E-state index is 12.6. The first-order chi connectivity index (χ1) is 15.3. The van der Waals surface area contributed by atoms with Crippen LogP contribution in [0.2, 0.25) is 0 Å². The number of nitrogens with zero attached hydrogens (tertiary/aromatic N) is 1. The van der Waals surface area contributed by atoms with Crippen LogP contribution in [0, 0.1) is 5.92 Å². The number of Topliss-reactive ketones (excluding diaryl/α,β-unsaturated/α-hetero) is 1. The molecule has 1 saturated carbocycles. The van der Waals surface area contributed by atoms with E-state index in [1.54, 1.807) is 0 Å². The molecule has 1 fully saturated rings. The highest BCUT2D eigenvalue weighted by atomic mass is 16.1. The molecule has 0 amide bonds. The van der Waals surface area contributed by atoms with E-state index < -0.39 is 0 Å². The van der Waals surface area contributed by atoms with Gasteiger partial charge in [0.05, 0.1) is 17.7 Å². The number of rotatable bonds is 5. The second kappa shape index (κ2) is 7.49. The second-order valence-electron chi connectivity index (χ2n) is 9.09. The summed E-state index contributed by atoms with van der Waals surface area (Å²) in [4.78, 5) is 17.4. The van der Waals surface area contributed by atoms with Crippen LogP contribution in [-0.2, 0) is 6.42 Å². The Morgan fingerprint density at radius 2 is 1.71 bits per heavy atom. The lowest BCUT2D eigenvalue weighted by atomic mass is 9.75. The molecule has 1 aliphatic carbocycles. The van der Waals surface area contributed by atoms with Gasteiger partial charge in [-0.05, 0) is 41.5 Å². The minimum absolute atomic E-state index is 0.0741. The number of aryl methyl sites for hydroxylation is 1. The Morgan fingerprint density at radius 1 is 0.903 bits per heavy atom. The molecular formula is C28H26N2O. The lowest BCUT2D eigenvalue weighted by Gasteiger charge is -2.38. The lowest BCUT2D eigenvalue weighted by Crippen LogP contribution is -2.36. The van der Waals surface area contributed by atoms with Gasteiger partial charge in [-0.25, -0.2) is 0 Å². The molecule has 31 heavy (non-hydrogen) atoms. The minimum Gasteiger partial charge on any atom is -0.377 e. The number of anilines is 1. The van der Waals surface area contributed by atoms with Crippen LogP contribution >= 0.6 is 0 Å². The molecule has 6 rings (SSSR count). The normalized spacial score (nSPS) is 21.8. The topological polar surface area (TPSA) is 41.5 Å². The monoisotopic (exact) mass is 406 g/mol. The molecule has 0 spiro atoms. The van der Waals surface area contributed by atoms with Crippen molar-refractivity contribution >= 4 is 17.2 Å². The molecule has 3 aromatic rings. The van der Waals surface area contributed by atoms with Crippen LogP contribution < -0.4 is 5.32 Å². The van der Waals surface area contributed by atoms with Crippen LogP contribution in [0.25, 0.3) is 0 Å². The number of hydrogen-bond donors (Lipinski definition) is 1. The molecule has 2 unspecified atom stereocenters. The predicted molar refractivity (Wildman–Crippen MR) is 125 cm³/mol. The molecular weight excluding hydrogens is 380 g/mol. The summed E-state index contributed by atoms with van der Waals surface area (Å²) in [6.07, 6.45) is 5.22. The highest BCUT2D eigenvalue weighted by Crippen LogP contribution is 2.45. The standard InChI is InChI=1S/C28H26N2O/c31-24-17-29-28-25(21-9-4-6-19(16-21)15-14-18-12-13-18)27(20-7-2-1-3-8-20)30-23-11-5-10-22(24)26(23)28/h1-11,16,18,25,27,30H,12-15,17H2. The molecule has 3 aliphatic rings. The molecule has 154 valence electrons. The number of hydrogen-bond acceptors (Lipinski definition) is 3. The number of aliphatic imine (C=N–C) groups is 1. The third-order valence-corrected chi connectivity index (χ3v) is 6.96. The third kappa shape index (κ3) is 3.38. The second-order valence-corrected chi connectivity index (χ2v) is 9.09. The van der Waals surface area contributed by atoms with E-state index in [9.17, 15) is 4.79 Å². The summed E-state index contributed by atoms with van der Waals surface area (Å²) in [7, 11) is 0. The largest absolute Gasteiger partial charge is 0.377 e. The maximum Gasteiger partial charge on any atom is 0.184 e. The van der Waals surface area contributed by atoms with E-state index in [-0.39, 0.29) is 24.3 Å². The molecule has 2 heterocycles. The maximum absolute atomic E-state index is 12.6. The lowest BCUT2D eigenvalue weighted by molar-refractivity contribution is 0.1000. The van der Waals surface area contributed by atoms with Gasteiger partial charge in [0.1, 0.15) is 6.54 Å². The van der Waals surface area contributed by atoms with Crippen LogP contribution in [0.1, 0.15) is 63.8 Å². The van der Waals surface area contributed by atoms with Crippen LogP contribution in [0.15, 0.2) is 77.8 Å². The molecule has 3 nitrogen and oxygen atoms in total. The van der Waals surface area contributed by atoms with Gasteiger partial charge in [0.15, 0.2) is 5.78 Å². The van der Waals surface area contributed by atoms with E-state index in [0.29, 0.717) is 0 Å². The van der Waals surface area contributed by atoms with E-state index >= 15 is 0 Å². The first-order valence-electron chi connectivity index (χ1n) is 11.4. The quantitative estimate of drug-likeness (QED) is 0.567. The van der Waals surface area contributed by atoms with E-state index in [0.717, 1.165) is 34.9 Å². The first-order valence-corrected chi connectivity index (χ1v) is 11.4. The van der Waals surface area contributed by atoms with Crippen LogP contribution in [-0.4, -0.2) is 18.0 Å². The molecule has 3 aromatic carbocycles. The molecule has 0 radical (unpaired) electrons. The van der Waals surface area contributed by atoms with Gasteiger partial charge >= 0.3 is 0 Å². The van der Waals surface area contributed by atoms with Crippen molar-refractivity contribution in [3.8, 4) is 0 Å². The van der Waals surface area contributed by atoms with Crippen molar-refractivity contribution in [2.75, 3.05) is 11.9 Å². The van der Waals surface area contributed by atoms with Gasteiger partial charge in [-0.2, -0.15) is 0 Å². The molecule has 0 bridgehead atoms. The van der Waals surface area contributed by atoms with Gasteiger partial charge in [-0.15, -0.1) is 0 Å². The van der Waals surface area contributed by atoms with E-state index in [1.807, 2.05) is 12.1 Å². The highest BCUT2D eigenvalue weighted by Gasteiger charge is 2.39. The smallest absolute Gasteiger partial charge is 0.184 e. The summed E-state index contributed by atoms with van der Waals surface area (Å²) in [6, 6.07) is 25.7. The van der Waals surface area contributed by atoms with Crippen molar-refractivity contribution in [1.29, 1.82) is 0 Å². The average Bonchev–Trinajstić information content (AvgIpc) is 3.65. The first kappa shape index (κ1) is 18.6. The zero-order chi connectivity index (χ0) is 20.8. The van der Waals surface area contributed by atoms with Crippen LogP contribution in [0.5, 0.6) is 0 Å². The summed E-state index contributed by atoms with van der Waals surface area (Å²) in [5, 5.41) is 3.77. The van der Waals surface area contributed by atoms with Crippen molar-refractivity contribution in [3.63, 3.8) is 0 Å². The molecule has 2 atom stereocenters. The van der Waals surface area contributed by atoms with Gasteiger partial charge in [-0.3, -0.25) is 9.79 Å². The summed E-state index contributed by atoms with van der Waals surface area (Å²) in [6.45, 7) is 0.241. The minimum atomic E-state index is 0.0741. The van der Waals surface area contributed by atoms with Gasteiger partial charge in [-0.1, -0.05) is 79.6 Å². The zero-order valence-corrected chi connectivity index (χ0v) is 17.6. The number of carbonyl (C=O) groups is 1. The summed E-state index contributed by atoms with van der Waals surface area (Å²) < 4.78 is 0. The Balaban J connectivity index is 1.47. The molecule has 3 heteroatoms. The molecule has 2 aliphatic heterocycles. The number of benzene rings is 3. The fourth-order valence-electron chi connectivity index (χ4n) is 5.17. The number of nitrogens with one attached hydrogen (secondary N) is 1. The van der Waals surface area contributed by atoms with Crippen molar-refractivity contribution < 1.29 is 4.79 Å². The molecule has 0 saturated heterocycles. The van der Waals surface area contributed by atoms with Gasteiger partial charge < -0.3 is 5.32 Å². The van der Waals surface area contributed by atoms with Crippen molar-refractivity contribution in [2.24, 2.45) is 10.9 Å². The van der Waals surface area contributed by atoms with Gasteiger partial charge in [0.25, 0.3) is 0 Å².